The molecule has 0 saturated carbocycles. The number of benzene rings is 1. The van der Waals surface area contributed by atoms with Gasteiger partial charge in [0.15, 0.2) is 0 Å². The minimum absolute atomic E-state index is 0.0848. The maximum absolute atomic E-state index is 12.1. The Morgan fingerprint density at radius 1 is 1.14 bits per heavy atom. The van der Waals surface area contributed by atoms with Crippen molar-refractivity contribution in [2.24, 2.45) is 5.92 Å². The minimum atomic E-state index is 0.0848. The van der Waals surface area contributed by atoms with Crippen LogP contribution in [0, 0.1) is 5.92 Å². The van der Waals surface area contributed by atoms with Gasteiger partial charge in [0.25, 0.3) is 0 Å². The maximum Gasteiger partial charge on any atom is 0.317 e. The Morgan fingerprint density at radius 3 is 2.32 bits per heavy atom. The number of aryl methyl sites for hydroxylation is 1. The predicted octanol–water partition coefficient (Wildman–Crippen LogP) is 3.13. The number of hydrogen-bond donors (Lipinski definition) is 1. The quantitative estimate of drug-likeness (QED) is 0.907. The van der Waals surface area contributed by atoms with Gasteiger partial charge in [-0.3, -0.25) is 0 Å². The normalized spacial score (nSPS) is 15.3. The number of piperazine rings is 1. The summed E-state index contributed by atoms with van der Waals surface area (Å²) in [6.07, 6.45) is 2.11. The second kappa shape index (κ2) is 8.06. The van der Waals surface area contributed by atoms with Crippen molar-refractivity contribution in [3.8, 4) is 0 Å². The van der Waals surface area contributed by atoms with Crippen LogP contribution in [0.1, 0.15) is 32.8 Å². The summed E-state index contributed by atoms with van der Waals surface area (Å²) in [6, 6.07) is 8.86. The van der Waals surface area contributed by atoms with Crippen molar-refractivity contribution in [1.82, 2.24) is 10.2 Å². The molecule has 0 aliphatic carbocycles. The fraction of sp³-hybridized carbons (Fsp3) is 0.611. The summed E-state index contributed by atoms with van der Waals surface area (Å²) in [6.45, 7) is 10.7. The molecule has 0 atom stereocenters. The maximum atomic E-state index is 12.1. The fourth-order valence-corrected chi connectivity index (χ4v) is 2.69. The first-order valence-electron chi connectivity index (χ1n) is 8.46. The van der Waals surface area contributed by atoms with Gasteiger partial charge in [-0.1, -0.05) is 32.9 Å². The SMILES string of the molecule is CCc1ccc(N2CCN(C(=O)NCCC(C)C)CC2)cc1. The van der Waals surface area contributed by atoms with Crippen LogP contribution in [-0.4, -0.2) is 43.7 Å². The first kappa shape index (κ1) is 16.7. The van der Waals surface area contributed by atoms with Gasteiger partial charge in [0, 0.05) is 38.4 Å². The lowest BCUT2D eigenvalue weighted by Crippen LogP contribution is -2.52. The smallest absolute Gasteiger partial charge is 0.317 e. The molecule has 0 aromatic heterocycles. The van der Waals surface area contributed by atoms with Gasteiger partial charge in [-0.05, 0) is 36.5 Å². The van der Waals surface area contributed by atoms with Gasteiger partial charge in [0.2, 0.25) is 0 Å². The van der Waals surface area contributed by atoms with Crippen LogP contribution in [-0.2, 0) is 6.42 Å². The number of hydrogen-bond acceptors (Lipinski definition) is 2. The lowest BCUT2D eigenvalue weighted by Gasteiger charge is -2.36. The second-order valence-corrected chi connectivity index (χ2v) is 6.41. The average molecular weight is 303 g/mol. The second-order valence-electron chi connectivity index (χ2n) is 6.41. The van der Waals surface area contributed by atoms with Crippen molar-refractivity contribution in [3.05, 3.63) is 29.8 Å². The number of nitrogens with one attached hydrogen (secondary N) is 1. The molecule has 0 radical (unpaired) electrons. The van der Waals surface area contributed by atoms with Crippen LogP contribution in [0.5, 0.6) is 0 Å². The Labute approximate surface area is 134 Å². The van der Waals surface area contributed by atoms with E-state index in [0.29, 0.717) is 5.92 Å². The molecular weight excluding hydrogens is 274 g/mol. The highest BCUT2D eigenvalue weighted by molar-refractivity contribution is 5.74. The van der Waals surface area contributed by atoms with E-state index in [9.17, 15) is 4.79 Å². The molecule has 2 rings (SSSR count). The molecule has 4 heteroatoms. The molecule has 0 unspecified atom stereocenters. The molecule has 1 aromatic rings. The third kappa shape index (κ3) is 4.65. The number of amides is 2. The summed E-state index contributed by atoms with van der Waals surface area (Å²) < 4.78 is 0. The highest BCUT2D eigenvalue weighted by Gasteiger charge is 2.20. The summed E-state index contributed by atoms with van der Waals surface area (Å²) in [5, 5.41) is 3.02. The Hall–Kier alpha value is -1.71. The largest absolute Gasteiger partial charge is 0.368 e. The van der Waals surface area contributed by atoms with E-state index in [1.54, 1.807) is 0 Å². The molecule has 22 heavy (non-hydrogen) atoms. The van der Waals surface area contributed by atoms with Crippen molar-refractivity contribution < 1.29 is 4.79 Å². The van der Waals surface area contributed by atoms with Crippen molar-refractivity contribution >= 4 is 11.7 Å². The van der Waals surface area contributed by atoms with Crippen LogP contribution >= 0.6 is 0 Å². The molecule has 0 bridgehead atoms. The average Bonchev–Trinajstić information content (AvgIpc) is 2.54. The standard InChI is InChI=1S/C18H29N3O/c1-4-16-5-7-17(8-6-16)20-11-13-21(14-12-20)18(22)19-10-9-15(2)3/h5-8,15H,4,9-14H2,1-3H3,(H,19,22). The fourth-order valence-electron chi connectivity index (χ4n) is 2.69. The predicted molar refractivity (Wildman–Crippen MR) is 92.5 cm³/mol. The van der Waals surface area contributed by atoms with E-state index in [0.717, 1.165) is 45.6 Å². The summed E-state index contributed by atoms with van der Waals surface area (Å²) in [4.78, 5) is 16.4. The Bertz CT molecular complexity index is 462. The van der Waals surface area contributed by atoms with Crippen molar-refractivity contribution in [3.63, 3.8) is 0 Å². The number of carbonyl (C=O) groups excluding carboxylic acids is 1. The van der Waals surface area contributed by atoms with E-state index in [-0.39, 0.29) is 6.03 Å². The van der Waals surface area contributed by atoms with Crippen molar-refractivity contribution in [1.29, 1.82) is 0 Å². The Kier molecular flexibility index (Phi) is 6.10. The highest BCUT2D eigenvalue weighted by Crippen LogP contribution is 2.17. The molecule has 1 aliphatic heterocycles. The molecule has 1 aromatic carbocycles. The van der Waals surface area contributed by atoms with Crippen molar-refractivity contribution in [2.75, 3.05) is 37.6 Å². The molecule has 1 heterocycles. The van der Waals surface area contributed by atoms with E-state index >= 15 is 0 Å². The van der Waals surface area contributed by atoms with E-state index in [4.69, 9.17) is 0 Å². The van der Waals surface area contributed by atoms with Crippen LogP contribution in [0.2, 0.25) is 0 Å². The van der Waals surface area contributed by atoms with Gasteiger partial charge in [0.1, 0.15) is 0 Å². The van der Waals surface area contributed by atoms with Gasteiger partial charge >= 0.3 is 6.03 Å². The first-order chi connectivity index (χ1) is 10.6. The topological polar surface area (TPSA) is 35.6 Å². The first-order valence-corrected chi connectivity index (χ1v) is 8.46. The molecule has 1 saturated heterocycles. The summed E-state index contributed by atoms with van der Waals surface area (Å²) in [7, 11) is 0. The lowest BCUT2D eigenvalue weighted by atomic mass is 10.1. The lowest BCUT2D eigenvalue weighted by molar-refractivity contribution is 0.194. The Morgan fingerprint density at radius 2 is 1.77 bits per heavy atom. The van der Waals surface area contributed by atoms with E-state index in [1.807, 2.05) is 4.90 Å². The zero-order chi connectivity index (χ0) is 15.9. The summed E-state index contributed by atoms with van der Waals surface area (Å²) >= 11 is 0. The molecule has 1 fully saturated rings. The molecule has 4 nitrogen and oxygen atoms in total. The number of urea groups is 1. The molecule has 122 valence electrons. The minimum Gasteiger partial charge on any atom is -0.368 e. The van der Waals surface area contributed by atoms with Gasteiger partial charge < -0.3 is 15.1 Å². The van der Waals surface area contributed by atoms with Crippen LogP contribution in [0.15, 0.2) is 24.3 Å². The monoisotopic (exact) mass is 303 g/mol. The van der Waals surface area contributed by atoms with Crippen LogP contribution in [0.25, 0.3) is 0 Å². The van der Waals surface area contributed by atoms with Gasteiger partial charge in [0.05, 0.1) is 0 Å². The molecule has 0 spiro atoms. The van der Waals surface area contributed by atoms with Gasteiger partial charge in [-0.2, -0.15) is 0 Å². The zero-order valence-corrected chi connectivity index (χ0v) is 14.1. The molecule has 2 amide bonds. The van der Waals surface area contributed by atoms with Crippen LogP contribution in [0.3, 0.4) is 0 Å². The summed E-state index contributed by atoms with van der Waals surface area (Å²) in [5.41, 5.74) is 2.63. The third-order valence-corrected chi connectivity index (χ3v) is 4.27. The van der Waals surface area contributed by atoms with Gasteiger partial charge in [-0.15, -0.1) is 0 Å². The molecule has 1 aliphatic rings. The highest BCUT2D eigenvalue weighted by atomic mass is 16.2. The van der Waals surface area contributed by atoms with Crippen LogP contribution in [0.4, 0.5) is 10.5 Å². The Balaban J connectivity index is 1.78. The molecule has 1 N–H and O–H groups in total. The number of rotatable bonds is 5. The molecular formula is C18H29N3O. The number of carbonyl (C=O) groups is 1. The number of nitrogens with zero attached hydrogens (tertiary/aromatic N) is 2. The van der Waals surface area contributed by atoms with E-state index < -0.39 is 0 Å². The van der Waals surface area contributed by atoms with Crippen LogP contribution < -0.4 is 10.2 Å². The third-order valence-electron chi connectivity index (χ3n) is 4.27. The number of anilines is 1. The van der Waals surface area contributed by atoms with Crippen molar-refractivity contribution in [2.45, 2.75) is 33.6 Å². The van der Waals surface area contributed by atoms with Gasteiger partial charge in [-0.25, -0.2) is 4.79 Å². The van der Waals surface area contributed by atoms with E-state index in [1.165, 1.54) is 11.3 Å². The van der Waals surface area contributed by atoms with E-state index in [2.05, 4.69) is 55.3 Å². The zero-order valence-electron chi connectivity index (χ0n) is 14.1. The summed E-state index contributed by atoms with van der Waals surface area (Å²) in [5.74, 6) is 0.628.